The Balaban J connectivity index is 1.74. The van der Waals surface area contributed by atoms with Crippen molar-refractivity contribution < 1.29 is 14.0 Å². The zero-order valence-electron chi connectivity index (χ0n) is 16.2. The maximum atomic E-state index is 12.9. The van der Waals surface area contributed by atoms with Gasteiger partial charge in [0, 0.05) is 0 Å². The van der Waals surface area contributed by atoms with E-state index in [1.807, 2.05) is 37.3 Å². The maximum absolute atomic E-state index is 12.9. The van der Waals surface area contributed by atoms with Gasteiger partial charge in [-0.25, -0.2) is 0 Å². The zero-order valence-corrected chi connectivity index (χ0v) is 17.0. The monoisotopic (exact) mass is 396 g/mol. The number of amides is 2. The van der Waals surface area contributed by atoms with E-state index in [1.54, 1.807) is 18.2 Å². The van der Waals surface area contributed by atoms with Gasteiger partial charge in [0.2, 0.25) is 0 Å². The molecule has 3 rings (SSSR count). The third-order valence-electron chi connectivity index (χ3n) is 4.32. The molecule has 5 nitrogen and oxygen atoms in total. The number of hydrogen-bond acceptors (Lipinski definition) is 4. The Labute approximate surface area is 168 Å². The van der Waals surface area contributed by atoms with Gasteiger partial charge in [-0.05, 0) is 48.6 Å². The maximum Gasteiger partial charge on any atom is 0.291 e. The van der Waals surface area contributed by atoms with Crippen LogP contribution in [0.5, 0.6) is 0 Å². The first-order valence-corrected chi connectivity index (χ1v) is 10.1. The summed E-state index contributed by atoms with van der Waals surface area (Å²) >= 11 is 1.26. The third kappa shape index (κ3) is 4.89. The lowest BCUT2D eigenvalue weighted by Gasteiger charge is -2.21. The van der Waals surface area contributed by atoms with Crippen LogP contribution in [0.3, 0.4) is 0 Å². The molecule has 0 bridgehead atoms. The number of anilines is 1. The lowest BCUT2D eigenvalue weighted by Crippen LogP contribution is -2.29. The molecule has 0 aliphatic heterocycles. The SMILES string of the molecule is Cc1cc(NC(=O)c2ccco2)sc1C(=O)NC(CC(C)C)c1ccccc1. The number of hydrogen-bond donors (Lipinski definition) is 2. The zero-order chi connectivity index (χ0) is 20.1. The van der Waals surface area contributed by atoms with Gasteiger partial charge in [-0.1, -0.05) is 44.2 Å². The van der Waals surface area contributed by atoms with Crippen molar-refractivity contribution in [2.75, 3.05) is 5.32 Å². The first-order chi connectivity index (χ1) is 13.4. The number of carbonyl (C=O) groups excluding carboxylic acids is 2. The van der Waals surface area contributed by atoms with Crippen LogP contribution in [0, 0.1) is 12.8 Å². The normalized spacial score (nSPS) is 12.0. The summed E-state index contributed by atoms with van der Waals surface area (Å²) in [5.41, 5.74) is 1.92. The van der Waals surface area contributed by atoms with Gasteiger partial charge in [0.05, 0.1) is 22.2 Å². The van der Waals surface area contributed by atoms with Gasteiger partial charge in [0.15, 0.2) is 5.76 Å². The molecular formula is C22H24N2O3S. The standard InChI is InChI=1S/C22H24N2O3S/c1-14(2)12-17(16-8-5-4-6-9-16)23-22(26)20-15(3)13-19(28-20)24-21(25)18-10-7-11-27-18/h4-11,13-14,17H,12H2,1-3H3,(H,23,26)(H,24,25). The van der Waals surface area contributed by atoms with E-state index in [2.05, 4.69) is 24.5 Å². The number of rotatable bonds is 7. The number of thiophene rings is 1. The molecule has 0 saturated heterocycles. The van der Waals surface area contributed by atoms with Gasteiger partial charge in [0.25, 0.3) is 11.8 Å². The predicted octanol–water partition coefficient (Wildman–Crippen LogP) is 5.42. The Hall–Kier alpha value is -2.86. The van der Waals surface area contributed by atoms with Crippen LogP contribution in [0.25, 0.3) is 0 Å². The summed E-state index contributed by atoms with van der Waals surface area (Å²) in [6.07, 6.45) is 2.30. The first kappa shape index (κ1) is 19.9. The van der Waals surface area contributed by atoms with Crippen LogP contribution in [0.15, 0.2) is 59.2 Å². The molecule has 0 aliphatic carbocycles. The number of nitrogens with one attached hydrogen (secondary N) is 2. The summed E-state index contributed by atoms with van der Waals surface area (Å²) < 4.78 is 5.10. The molecule has 146 valence electrons. The molecule has 0 saturated carbocycles. The summed E-state index contributed by atoms with van der Waals surface area (Å²) in [6.45, 7) is 6.15. The van der Waals surface area contributed by atoms with Gasteiger partial charge in [-0.2, -0.15) is 0 Å². The van der Waals surface area contributed by atoms with Crippen molar-refractivity contribution in [2.45, 2.75) is 33.2 Å². The predicted molar refractivity (Wildman–Crippen MR) is 112 cm³/mol. The largest absolute Gasteiger partial charge is 0.459 e. The van der Waals surface area contributed by atoms with Crippen molar-refractivity contribution in [2.24, 2.45) is 5.92 Å². The van der Waals surface area contributed by atoms with Crippen LogP contribution in [-0.2, 0) is 0 Å². The summed E-state index contributed by atoms with van der Waals surface area (Å²) in [5.74, 6) is 0.215. The molecular weight excluding hydrogens is 372 g/mol. The Morgan fingerprint density at radius 2 is 1.82 bits per heavy atom. The lowest BCUT2D eigenvalue weighted by atomic mass is 9.97. The van der Waals surface area contributed by atoms with Crippen molar-refractivity contribution in [1.29, 1.82) is 0 Å². The van der Waals surface area contributed by atoms with Crippen molar-refractivity contribution >= 4 is 28.2 Å². The van der Waals surface area contributed by atoms with Crippen LogP contribution in [-0.4, -0.2) is 11.8 Å². The smallest absolute Gasteiger partial charge is 0.291 e. The molecule has 28 heavy (non-hydrogen) atoms. The molecule has 2 heterocycles. The van der Waals surface area contributed by atoms with Crippen LogP contribution in [0.1, 0.15) is 57.7 Å². The molecule has 0 fully saturated rings. The summed E-state index contributed by atoms with van der Waals surface area (Å²) in [7, 11) is 0. The fourth-order valence-electron chi connectivity index (χ4n) is 3.01. The average molecular weight is 397 g/mol. The van der Waals surface area contributed by atoms with Crippen LogP contribution < -0.4 is 10.6 Å². The highest BCUT2D eigenvalue weighted by atomic mass is 32.1. The van der Waals surface area contributed by atoms with Crippen molar-refractivity contribution in [3.8, 4) is 0 Å². The number of furan rings is 1. The molecule has 0 radical (unpaired) electrons. The minimum absolute atomic E-state index is 0.0589. The van der Waals surface area contributed by atoms with Gasteiger partial charge in [-0.15, -0.1) is 11.3 Å². The van der Waals surface area contributed by atoms with Crippen LogP contribution in [0.2, 0.25) is 0 Å². The van der Waals surface area contributed by atoms with E-state index in [0.717, 1.165) is 17.5 Å². The van der Waals surface area contributed by atoms with E-state index in [4.69, 9.17) is 4.42 Å². The van der Waals surface area contributed by atoms with Crippen LogP contribution in [0.4, 0.5) is 5.00 Å². The van der Waals surface area contributed by atoms with Crippen molar-refractivity contribution in [3.05, 3.63) is 76.6 Å². The van der Waals surface area contributed by atoms with Gasteiger partial charge < -0.3 is 15.1 Å². The highest BCUT2D eigenvalue weighted by molar-refractivity contribution is 7.18. The molecule has 2 aromatic heterocycles. The van der Waals surface area contributed by atoms with Gasteiger partial charge >= 0.3 is 0 Å². The highest BCUT2D eigenvalue weighted by Gasteiger charge is 2.21. The minimum Gasteiger partial charge on any atom is -0.459 e. The number of benzene rings is 1. The van der Waals surface area contributed by atoms with Gasteiger partial charge in [-0.3, -0.25) is 9.59 Å². The molecule has 1 atom stereocenters. The molecule has 2 N–H and O–H groups in total. The molecule has 2 amide bonds. The fraction of sp³-hybridized carbons (Fsp3) is 0.273. The van der Waals surface area contributed by atoms with Gasteiger partial charge in [0.1, 0.15) is 0 Å². The van der Waals surface area contributed by atoms with E-state index in [1.165, 1.54) is 17.6 Å². The molecule has 1 unspecified atom stereocenters. The Bertz CT molecular complexity index is 930. The quantitative estimate of drug-likeness (QED) is 0.560. The van der Waals surface area contributed by atoms with E-state index in [9.17, 15) is 9.59 Å². The molecule has 1 aromatic carbocycles. The molecule has 0 spiro atoms. The fourth-order valence-corrected chi connectivity index (χ4v) is 3.98. The second-order valence-corrected chi connectivity index (χ2v) is 8.17. The second kappa shape index (κ2) is 8.89. The summed E-state index contributed by atoms with van der Waals surface area (Å²) in [6, 6.07) is 15.0. The van der Waals surface area contributed by atoms with Crippen molar-refractivity contribution in [3.63, 3.8) is 0 Å². The summed E-state index contributed by atoms with van der Waals surface area (Å²) in [5, 5.41) is 6.55. The molecule has 6 heteroatoms. The number of carbonyl (C=O) groups is 2. The molecule has 3 aromatic rings. The Morgan fingerprint density at radius 1 is 1.07 bits per heavy atom. The van der Waals surface area contributed by atoms with Crippen LogP contribution >= 0.6 is 11.3 Å². The van der Waals surface area contributed by atoms with E-state index in [-0.39, 0.29) is 23.6 Å². The van der Waals surface area contributed by atoms with Crippen molar-refractivity contribution in [1.82, 2.24) is 5.32 Å². The third-order valence-corrected chi connectivity index (χ3v) is 5.47. The van der Waals surface area contributed by atoms with E-state index in [0.29, 0.717) is 15.8 Å². The second-order valence-electron chi connectivity index (χ2n) is 7.12. The highest BCUT2D eigenvalue weighted by Crippen LogP contribution is 2.29. The lowest BCUT2D eigenvalue weighted by molar-refractivity contribution is 0.0934. The first-order valence-electron chi connectivity index (χ1n) is 9.25. The Morgan fingerprint density at radius 3 is 2.46 bits per heavy atom. The Kier molecular flexibility index (Phi) is 6.31. The summed E-state index contributed by atoms with van der Waals surface area (Å²) in [4.78, 5) is 25.7. The topological polar surface area (TPSA) is 71.3 Å². The molecule has 0 aliphatic rings. The number of aryl methyl sites for hydroxylation is 1. The minimum atomic E-state index is -0.333. The van der Waals surface area contributed by atoms with E-state index >= 15 is 0 Å². The average Bonchev–Trinajstić information content (AvgIpc) is 3.31. The van der Waals surface area contributed by atoms with E-state index < -0.39 is 0 Å².